The number of rotatable bonds is 1. The lowest BCUT2D eigenvalue weighted by Gasteiger charge is -2.49. The summed E-state index contributed by atoms with van der Waals surface area (Å²) in [6, 6.07) is 13.8. The van der Waals surface area contributed by atoms with E-state index in [1.165, 1.54) is 0 Å². The first kappa shape index (κ1) is 17.5. The van der Waals surface area contributed by atoms with Crippen LogP contribution in [0.1, 0.15) is 49.3 Å². The van der Waals surface area contributed by atoms with E-state index in [4.69, 9.17) is 14.9 Å². The molecular weight excluding hydrogens is 340 g/mol. The zero-order chi connectivity index (χ0) is 19.3. The molecule has 2 heterocycles. The summed E-state index contributed by atoms with van der Waals surface area (Å²) in [6.45, 7) is 1.95. The summed E-state index contributed by atoms with van der Waals surface area (Å²) in [5, 5.41) is 39.1. The molecule has 4 atom stereocenters. The van der Waals surface area contributed by atoms with Gasteiger partial charge in [-0.05, 0) is 25.3 Å². The van der Waals surface area contributed by atoms with Crippen molar-refractivity contribution >= 4 is 5.90 Å². The van der Waals surface area contributed by atoms with Gasteiger partial charge in [-0.15, -0.1) is 0 Å². The van der Waals surface area contributed by atoms with Crippen LogP contribution < -0.4 is 0 Å². The predicted molar refractivity (Wildman–Crippen MR) is 94.8 cm³/mol. The molecule has 6 nitrogen and oxygen atoms in total. The normalized spacial score (nSPS) is 36.3. The molecule has 2 saturated heterocycles. The minimum atomic E-state index is -1.84. The summed E-state index contributed by atoms with van der Waals surface area (Å²) in [4.78, 5) is 0. The van der Waals surface area contributed by atoms with Crippen LogP contribution in [0, 0.1) is 63.1 Å². The quantitative estimate of drug-likeness (QED) is 0.816. The van der Waals surface area contributed by atoms with Crippen LogP contribution in [-0.4, -0.2) is 11.7 Å². The van der Waals surface area contributed by atoms with Gasteiger partial charge in [-0.25, -0.2) is 0 Å². The third-order valence-corrected chi connectivity index (χ3v) is 6.45. The number of benzene rings is 1. The van der Waals surface area contributed by atoms with Gasteiger partial charge < -0.3 is 9.47 Å². The summed E-state index contributed by atoms with van der Waals surface area (Å²) in [5.74, 6) is -1.91. The Morgan fingerprint density at radius 3 is 2.37 bits per heavy atom. The third-order valence-electron chi connectivity index (χ3n) is 6.45. The van der Waals surface area contributed by atoms with Gasteiger partial charge in [-0.3, -0.25) is 5.41 Å². The highest BCUT2D eigenvalue weighted by Crippen LogP contribution is 2.68. The average Bonchev–Trinajstić information content (AvgIpc) is 2.81. The van der Waals surface area contributed by atoms with Crippen LogP contribution in [0.2, 0.25) is 0 Å². The maximum atomic E-state index is 10.2. The molecule has 0 spiro atoms. The molecule has 1 aromatic rings. The van der Waals surface area contributed by atoms with Gasteiger partial charge >= 0.3 is 0 Å². The maximum Gasteiger partial charge on any atom is 0.217 e. The molecule has 2 bridgehead atoms. The lowest BCUT2D eigenvalue weighted by molar-refractivity contribution is -0.284. The molecule has 4 rings (SSSR count). The van der Waals surface area contributed by atoms with E-state index in [9.17, 15) is 15.8 Å². The first-order valence-electron chi connectivity index (χ1n) is 9.26. The average molecular weight is 360 g/mol. The van der Waals surface area contributed by atoms with Crippen molar-refractivity contribution in [2.75, 3.05) is 0 Å². The first-order valence-corrected chi connectivity index (χ1v) is 9.26. The predicted octanol–water partition coefficient (Wildman–Crippen LogP) is 3.89. The second-order valence-corrected chi connectivity index (χ2v) is 7.75. The molecule has 27 heavy (non-hydrogen) atoms. The van der Waals surface area contributed by atoms with Crippen molar-refractivity contribution in [1.82, 2.24) is 0 Å². The van der Waals surface area contributed by atoms with Gasteiger partial charge in [0, 0.05) is 6.42 Å². The second kappa shape index (κ2) is 5.81. The van der Waals surface area contributed by atoms with E-state index in [1.807, 2.05) is 31.2 Å². The van der Waals surface area contributed by atoms with Crippen molar-refractivity contribution in [3.63, 3.8) is 0 Å². The van der Waals surface area contributed by atoms with E-state index in [2.05, 4.69) is 18.2 Å². The van der Waals surface area contributed by atoms with Crippen molar-refractivity contribution in [3.05, 3.63) is 35.4 Å². The highest BCUT2D eigenvalue weighted by Gasteiger charge is 2.80. The second-order valence-electron chi connectivity index (χ2n) is 7.75. The fourth-order valence-corrected chi connectivity index (χ4v) is 5.08. The number of nitriles is 3. The smallest absolute Gasteiger partial charge is 0.217 e. The van der Waals surface area contributed by atoms with E-state index in [0.29, 0.717) is 18.4 Å². The molecule has 3 fully saturated rings. The van der Waals surface area contributed by atoms with Gasteiger partial charge in [0.1, 0.15) is 6.10 Å². The molecule has 1 aromatic carbocycles. The fourth-order valence-electron chi connectivity index (χ4n) is 5.08. The van der Waals surface area contributed by atoms with E-state index in [0.717, 1.165) is 24.8 Å². The molecular formula is C21H20N4O2. The monoisotopic (exact) mass is 360 g/mol. The molecule has 0 unspecified atom stereocenters. The Morgan fingerprint density at radius 2 is 1.74 bits per heavy atom. The summed E-state index contributed by atoms with van der Waals surface area (Å²) >= 11 is 0. The van der Waals surface area contributed by atoms with Crippen LogP contribution in [0.25, 0.3) is 0 Å². The zero-order valence-corrected chi connectivity index (χ0v) is 15.2. The Bertz CT molecular complexity index is 905. The largest absolute Gasteiger partial charge is 0.447 e. The van der Waals surface area contributed by atoms with Crippen molar-refractivity contribution < 1.29 is 9.47 Å². The summed E-state index contributed by atoms with van der Waals surface area (Å²) < 4.78 is 12.3. The number of aryl methyl sites for hydroxylation is 1. The Hall–Kier alpha value is -2.88. The molecule has 1 aliphatic carbocycles. The van der Waals surface area contributed by atoms with E-state index < -0.39 is 28.6 Å². The maximum absolute atomic E-state index is 10.2. The van der Waals surface area contributed by atoms with Crippen LogP contribution in [-0.2, 0) is 9.47 Å². The van der Waals surface area contributed by atoms with Crippen LogP contribution in [0.3, 0.4) is 0 Å². The number of nitrogens with zero attached hydrogens (tertiary/aromatic N) is 3. The lowest BCUT2D eigenvalue weighted by Crippen LogP contribution is -2.59. The first-order chi connectivity index (χ1) is 13.0. The highest BCUT2D eigenvalue weighted by atomic mass is 16.7. The molecule has 0 amide bonds. The van der Waals surface area contributed by atoms with Crippen LogP contribution in [0.5, 0.6) is 0 Å². The minimum Gasteiger partial charge on any atom is -0.447 e. The van der Waals surface area contributed by atoms with Crippen LogP contribution in [0.4, 0.5) is 0 Å². The van der Waals surface area contributed by atoms with E-state index in [-0.39, 0.29) is 5.90 Å². The highest BCUT2D eigenvalue weighted by molar-refractivity contribution is 5.89. The van der Waals surface area contributed by atoms with Crippen molar-refractivity contribution in [2.24, 2.45) is 16.7 Å². The number of hydrogen-bond acceptors (Lipinski definition) is 6. The number of hydrogen-bond donors (Lipinski definition) is 1. The fraction of sp³-hybridized carbons (Fsp3) is 0.524. The van der Waals surface area contributed by atoms with Crippen molar-refractivity contribution in [2.45, 2.75) is 50.9 Å². The topological polar surface area (TPSA) is 114 Å². The van der Waals surface area contributed by atoms with E-state index >= 15 is 0 Å². The zero-order valence-electron chi connectivity index (χ0n) is 15.2. The Labute approximate surface area is 158 Å². The van der Waals surface area contributed by atoms with Crippen LogP contribution >= 0.6 is 0 Å². The van der Waals surface area contributed by atoms with Gasteiger partial charge in [0.05, 0.1) is 24.1 Å². The van der Waals surface area contributed by atoms with Gasteiger partial charge in [-0.2, -0.15) is 15.8 Å². The lowest BCUT2D eigenvalue weighted by atomic mass is 9.52. The number of nitrogens with one attached hydrogen (secondary N) is 1. The molecule has 0 aromatic heterocycles. The molecule has 6 heteroatoms. The molecule has 2 aliphatic heterocycles. The molecule has 0 radical (unpaired) electrons. The van der Waals surface area contributed by atoms with Gasteiger partial charge in [0.2, 0.25) is 17.1 Å². The van der Waals surface area contributed by atoms with Crippen molar-refractivity contribution in [3.8, 4) is 18.2 Å². The molecule has 1 saturated carbocycles. The minimum absolute atomic E-state index is 0.297. The standard InChI is InChI=1S/C21H20N4O2/c1-14-6-8-15(9-7-14)17-19(11-22,12-23)20(13-24)16-5-3-2-4-10-21(16,26-17)27-18(20)25/h6-9,16-17,25H,2-5,10H2,1H3/t16-,17-,20-,21+/m0/s1. The third kappa shape index (κ3) is 1.98. The van der Waals surface area contributed by atoms with Crippen LogP contribution in [0.15, 0.2) is 24.3 Å². The van der Waals surface area contributed by atoms with Gasteiger partial charge in [-0.1, -0.05) is 42.7 Å². The van der Waals surface area contributed by atoms with Gasteiger partial charge in [0.25, 0.3) is 0 Å². The summed E-state index contributed by atoms with van der Waals surface area (Å²) in [6.07, 6.45) is 2.89. The van der Waals surface area contributed by atoms with Crippen molar-refractivity contribution in [1.29, 1.82) is 21.2 Å². The summed E-state index contributed by atoms with van der Waals surface area (Å²) in [5.41, 5.74) is -1.78. The summed E-state index contributed by atoms with van der Waals surface area (Å²) in [7, 11) is 0. The Morgan fingerprint density at radius 1 is 1.04 bits per heavy atom. The Kier molecular flexibility index (Phi) is 3.77. The van der Waals surface area contributed by atoms with E-state index in [1.54, 1.807) is 0 Å². The molecule has 136 valence electrons. The Balaban J connectivity index is 1.99. The molecule has 1 N–H and O–H groups in total. The number of ether oxygens (including phenoxy) is 2. The SMILES string of the molecule is Cc1ccc([C@@H]2O[C@@]34CCCCC[C@H]3[C@@](C#N)(C(=N)O4)C2(C#N)C#N)cc1. The van der Waals surface area contributed by atoms with Gasteiger partial charge in [0.15, 0.2) is 5.41 Å². The molecule has 3 aliphatic rings.